The largest absolute Gasteiger partial charge is 0.377 e. The van der Waals surface area contributed by atoms with E-state index in [1.807, 2.05) is 24.3 Å². The summed E-state index contributed by atoms with van der Waals surface area (Å²) in [6.07, 6.45) is 2.48. The summed E-state index contributed by atoms with van der Waals surface area (Å²) in [5, 5.41) is 3.74. The maximum atomic E-state index is 12.6. The van der Waals surface area contributed by atoms with Gasteiger partial charge in [-0.25, -0.2) is 0 Å². The lowest BCUT2D eigenvalue weighted by atomic mass is 10.2. The molecule has 0 saturated carbocycles. The molecule has 0 aliphatic carbocycles. The summed E-state index contributed by atoms with van der Waals surface area (Å²) in [6, 6.07) is 12.6. The Balaban J connectivity index is 1.70. The zero-order valence-electron chi connectivity index (χ0n) is 12.9. The molecular formula is C18H17Cl2NO2S. The number of rotatable bonds is 5. The van der Waals surface area contributed by atoms with E-state index in [1.165, 1.54) is 0 Å². The number of carbonyl (C=O) groups excluding carboxylic acids is 1. The molecule has 0 radical (unpaired) electrons. The standard InChI is InChI=1S/C18H17Cl2NO2S/c19-15-8-7-12(10-16(15)20)21-18(22)14-5-1-2-6-17(14)24-11-13-4-3-9-23-13/h1-2,5-8,10,13H,3-4,9,11H2,(H,21,22). The first kappa shape index (κ1) is 17.6. The van der Waals surface area contributed by atoms with Crippen molar-refractivity contribution in [3.63, 3.8) is 0 Å². The molecular weight excluding hydrogens is 365 g/mol. The minimum Gasteiger partial charge on any atom is -0.377 e. The molecule has 0 aromatic heterocycles. The molecule has 2 aromatic rings. The maximum absolute atomic E-state index is 12.6. The summed E-state index contributed by atoms with van der Waals surface area (Å²) in [5.41, 5.74) is 1.26. The van der Waals surface area contributed by atoms with Crippen LogP contribution in [-0.4, -0.2) is 24.4 Å². The summed E-state index contributed by atoms with van der Waals surface area (Å²) >= 11 is 13.6. The smallest absolute Gasteiger partial charge is 0.256 e. The van der Waals surface area contributed by atoms with Crippen LogP contribution in [0.15, 0.2) is 47.4 Å². The van der Waals surface area contributed by atoms with E-state index in [2.05, 4.69) is 5.32 Å². The van der Waals surface area contributed by atoms with E-state index < -0.39 is 0 Å². The number of halogens is 2. The van der Waals surface area contributed by atoms with Gasteiger partial charge < -0.3 is 10.1 Å². The molecule has 1 fully saturated rings. The van der Waals surface area contributed by atoms with E-state index in [-0.39, 0.29) is 12.0 Å². The molecule has 1 amide bonds. The topological polar surface area (TPSA) is 38.3 Å². The van der Waals surface area contributed by atoms with E-state index in [0.717, 1.165) is 30.1 Å². The lowest BCUT2D eigenvalue weighted by Crippen LogP contribution is -2.14. The van der Waals surface area contributed by atoms with E-state index in [1.54, 1.807) is 30.0 Å². The van der Waals surface area contributed by atoms with Crippen LogP contribution in [-0.2, 0) is 4.74 Å². The predicted molar refractivity (Wildman–Crippen MR) is 101 cm³/mol. The van der Waals surface area contributed by atoms with Gasteiger partial charge in [0.1, 0.15) is 0 Å². The Morgan fingerprint density at radius 3 is 2.79 bits per heavy atom. The van der Waals surface area contributed by atoms with Gasteiger partial charge in [-0.2, -0.15) is 0 Å². The van der Waals surface area contributed by atoms with Gasteiger partial charge in [-0.1, -0.05) is 35.3 Å². The molecule has 1 heterocycles. The minimum atomic E-state index is -0.163. The van der Waals surface area contributed by atoms with Crippen LogP contribution in [0.5, 0.6) is 0 Å². The van der Waals surface area contributed by atoms with Crippen LogP contribution in [0.4, 0.5) is 5.69 Å². The maximum Gasteiger partial charge on any atom is 0.256 e. The Kier molecular flexibility index (Phi) is 6.06. The van der Waals surface area contributed by atoms with Gasteiger partial charge in [0.25, 0.3) is 5.91 Å². The van der Waals surface area contributed by atoms with Crippen LogP contribution in [0.25, 0.3) is 0 Å². The van der Waals surface area contributed by atoms with Gasteiger partial charge in [-0.3, -0.25) is 4.79 Å². The molecule has 24 heavy (non-hydrogen) atoms. The van der Waals surface area contributed by atoms with Crippen molar-refractivity contribution in [2.75, 3.05) is 17.7 Å². The highest BCUT2D eigenvalue weighted by atomic mass is 35.5. The lowest BCUT2D eigenvalue weighted by molar-refractivity contribution is 0.102. The second-order valence-electron chi connectivity index (χ2n) is 5.53. The molecule has 1 aliphatic heterocycles. The average Bonchev–Trinajstić information content (AvgIpc) is 3.10. The number of hydrogen-bond donors (Lipinski definition) is 1. The van der Waals surface area contributed by atoms with Crippen LogP contribution >= 0.6 is 35.0 Å². The van der Waals surface area contributed by atoms with Crippen molar-refractivity contribution < 1.29 is 9.53 Å². The Hall–Kier alpha value is -1.20. The predicted octanol–water partition coefficient (Wildman–Crippen LogP) is 5.52. The molecule has 1 N–H and O–H groups in total. The van der Waals surface area contributed by atoms with Gasteiger partial charge in [-0.05, 0) is 43.2 Å². The van der Waals surface area contributed by atoms with E-state index in [9.17, 15) is 4.79 Å². The Morgan fingerprint density at radius 1 is 1.21 bits per heavy atom. The van der Waals surface area contributed by atoms with Crippen LogP contribution < -0.4 is 5.32 Å². The first-order valence-electron chi connectivity index (χ1n) is 7.73. The lowest BCUT2D eigenvalue weighted by Gasteiger charge is -2.12. The van der Waals surface area contributed by atoms with Gasteiger partial charge in [0.2, 0.25) is 0 Å². The van der Waals surface area contributed by atoms with Gasteiger partial charge in [0.15, 0.2) is 0 Å². The number of thioether (sulfide) groups is 1. The summed E-state index contributed by atoms with van der Waals surface area (Å²) < 4.78 is 5.65. The third-order valence-electron chi connectivity index (χ3n) is 3.76. The summed E-state index contributed by atoms with van der Waals surface area (Å²) in [4.78, 5) is 13.5. The van der Waals surface area contributed by atoms with Crippen molar-refractivity contribution >= 4 is 46.6 Å². The molecule has 1 saturated heterocycles. The Morgan fingerprint density at radius 2 is 2.04 bits per heavy atom. The molecule has 2 aromatic carbocycles. The van der Waals surface area contributed by atoms with Crippen molar-refractivity contribution in [2.45, 2.75) is 23.8 Å². The monoisotopic (exact) mass is 381 g/mol. The molecule has 1 aliphatic rings. The normalized spacial score (nSPS) is 17.0. The van der Waals surface area contributed by atoms with E-state index in [4.69, 9.17) is 27.9 Å². The molecule has 126 valence electrons. The van der Waals surface area contributed by atoms with Crippen LogP contribution in [0.3, 0.4) is 0 Å². The van der Waals surface area contributed by atoms with Crippen molar-refractivity contribution in [2.24, 2.45) is 0 Å². The van der Waals surface area contributed by atoms with Gasteiger partial charge >= 0.3 is 0 Å². The number of ether oxygens (including phenoxy) is 1. The summed E-state index contributed by atoms with van der Waals surface area (Å²) in [6.45, 7) is 0.838. The van der Waals surface area contributed by atoms with Gasteiger partial charge in [0.05, 0.1) is 21.7 Å². The van der Waals surface area contributed by atoms with Crippen LogP contribution in [0.2, 0.25) is 10.0 Å². The second kappa shape index (κ2) is 8.26. The molecule has 1 unspecified atom stereocenters. The highest BCUT2D eigenvalue weighted by Gasteiger charge is 2.18. The second-order valence-corrected chi connectivity index (χ2v) is 7.40. The highest BCUT2D eigenvalue weighted by molar-refractivity contribution is 7.99. The number of nitrogens with one attached hydrogen (secondary N) is 1. The van der Waals surface area contributed by atoms with Crippen LogP contribution in [0.1, 0.15) is 23.2 Å². The fraction of sp³-hybridized carbons (Fsp3) is 0.278. The van der Waals surface area contributed by atoms with Crippen molar-refractivity contribution in [3.05, 3.63) is 58.1 Å². The van der Waals surface area contributed by atoms with Crippen molar-refractivity contribution in [1.29, 1.82) is 0 Å². The Labute approximate surface area is 155 Å². The number of hydrogen-bond acceptors (Lipinski definition) is 3. The first-order chi connectivity index (χ1) is 11.6. The zero-order chi connectivity index (χ0) is 16.9. The number of benzene rings is 2. The fourth-order valence-electron chi connectivity index (χ4n) is 2.51. The molecule has 0 spiro atoms. The summed E-state index contributed by atoms with van der Waals surface area (Å²) in [5.74, 6) is 0.695. The molecule has 0 bridgehead atoms. The SMILES string of the molecule is O=C(Nc1ccc(Cl)c(Cl)c1)c1ccccc1SCC1CCCO1. The minimum absolute atomic E-state index is 0.163. The fourth-order valence-corrected chi connectivity index (χ4v) is 3.93. The molecule has 1 atom stereocenters. The quantitative estimate of drug-likeness (QED) is 0.693. The third-order valence-corrected chi connectivity index (χ3v) is 5.70. The van der Waals surface area contributed by atoms with Crippen molar-refractivity contribution in [1.82, 2.24) is 0 Å². The summed E-state index contributed by atoms with van der Waals surface area (Å²) in [7, 11) is 0. The van der Waals surface area contributed by atoms with E-state index in [0.29, 0.717) is 21.3 Å². The number of carbonyl (C=O) groups is 1. The molecule has 3 rings (SSSR count). The van der Waals surface area contributed by atoms with E-state index >= 15 is 0 Å². The highest BCUT2D eigenvalue weighted by Crippen LogP contribution is 2.28. The zero-order valence-corrected chi connectivity index (χ0v) is 15.3. The first-order valence-corrected chi connectivity index (χ1v) is 9.47. The van der Waals surface area contributed by atoms with Crippen LogP contribution in [0, 0.1) is 0 Å². The number of amides is 1. The average molecular weight is 382 g/mol. The van der Waals surface area contributed by atoms with Gasteiger partial charge in [-0.15, -0.1) is 11.8 Å². The molecule has 3 nitrogen and oxygen atoms in total. The Bertz CT molecular complexity index is 733. The molecule has 6 heteroatoms. The third kappa shape index (κ3) is 4.45. The van der Waals surface area contributed by atoms with Gasteiger partial charge in [0, 0.05) is 22.9 Å². The van der Waals surface area contributed by atoms with Crippen molar-refractivity contribution in [3.8, 4) is 0 Å². The number of anilines is 1.